The zero-order valence-corrected chi connectivity index (χ0v) is 38.2. The predicted molar refractivity (Wildman–Crippen MR) is 252 cm³/mol. The third kappa shape index (κ3) is 15.8. The van der Waals surface area contributed by atoms with Crippen LogP contribution in [-0.4, -0.2) is 159 Å². The molecule has 4 aromatic rings. The zero-order valence-electron chi connectivity index (χ0n) is 38.2. The summed E-state index contributed by atoms with van der Waals surface area (Å²) in [6.07, 6.45) is 3.37. The van der Waals surface area contributed by atoms with Gasteiger partial charge in [-0.05, 0) is 61.4 Å². The van der Waals surface area contributed by atoms with E-state index in [9.17, 15) is 14.7 Å². The quantitative estimate of drug-likeness (QED) is 0.0538. The van der Waals surface area contributed by atoms with Crippen molar-refractivity contribution in [3.63, 3.8) is 0 Å². The molecule has 6 rings (SSSR count). The molecule has 2 aliphatic rings. The van der Waals surface area contributed by atoms with Gasteiger partial charge in [-0.2, -0.15) is 4.98 Å². The van der Waals surface area contributed by atoms with Gasteiger partial charge in [-0.25, -0.2) is 9.97 Å². The summed E-state index contributed by atoms with van der Waals surface area (Å²) in [5, 5.41) is 19.6. The molecular weight excluding hydrogens is 829 g/mol. The lowest BCUT2D eigenvalue weighted by atomic mass is 10.1. The van der Waals surface area contributed by atoms with Crippen molar-refractivity contribution in [2.24, 2.45) is 0 Å². The Kier molecular flexibility index (Phi) is 19.0. The SMILES string of the molecule is C=CCNC(=O)c1cnc(Nc2ccc(N3CCN(C(=O)CCOCCOCCOCCN4CCN(Cc5ccc(COC)cc5)CC4)CC3)cc2)nc1Nc1cccc(C(C)(C)O)n1. The van der Waals surface area contributed by atoms with Crippen LogP contribution in [0, 0.1) is 0 Å². The van der Waals surface area contributed by atoms with Gasteiger partial charge in [-0.15, -0.1) is 6.58 Å². The monoisotopic (exact) mass is 895 g/mol. The van der Waals surface area contributed by atoms with Crippen LogP contribution in [0.2, 0.25) is 0 Å². The van der Waals surface area contributed by atoms with Gasteiger partial charge in [0, 0.05) is 96.7 Å². The van der Waals surface area contributed by atoms with Crippen LogP contribution >= 0.6 is 0 Å². The molecule has 2 aromatic carbocycles. The summed E-state index contributed by atoms with van der Waals surface area (Å²) in [4.78, 5) is 48.5. The fourth-order valence-electron chi connectivity index (χ4n) is 7.42. The number of amides is 2. The van der Waals surface area contributed by atoms with Crippen LogP contribution in [0.5, 0.6) is 0 Å². The highest BCUT2D eigenvalue weighted by atomic mass is 16.5. The van der Waals surface area contributed by atoms with Crippen LogP contribution in [0.25, 0.3) is 0 Å². The fraction of sp³-hybridized carbons (Fsp3) is 0.479. The number of nitrogens with zero attached hydrogens (tertiary/aromatic N) is 7. The minimum absolute atomic E-state index is 0.0896. The summed E-state index contributed by atoms with van der Waals surface area (Å²) in [6.45, 7) is 19.7. The smallest absolute Gasteiger partial charge is 0.256 e. The van der Waals surface area contributed by atoms with Gasteiger partial charge < -0.3 is 49.8 Å². The van der Waals surface area contributed by atoms with Crippen LogP contribution in [0.15, 0.2) is 85.6 Å². The highest BCUT2D eigenvalue weighted by Gasteiger charge is 2.23. The Balaban J connectivity index is 0.819. The molecule has 2 amide bonds. The number of hydrogen-bond acceptors (Lipinski definition) is 15. The third-order valence-electron chi connectivity index (χ3n) is 11.1. The molecule has 0 unspecified atom stereocenters. The van der Waals surface area contributed by atoms with Crippen molar-refractivity contribution in [2.75, 3.05) is 128 Å². The molecule has 65 heavy (non-hydrogen) atoms. The van der Waals surface area contributed by atoms with Gasteiger partial charge in [0.05, 0.1) is 58.4 Å². The molecule has 0 radical (unpaired) electrons. The van der Waals surface area contributed by atoms with Crippen molar-refractivity contribution in [2.45, 2.75) is 39.0 Å². The lowest BCUT2D eigenvalue weighted by molar-refractivity contribution is -0.132. The molecule has 4 heterocycles. The molecule has 2 fully saturated rings. The summed E-state index contributed by atoms with van der Waals surface area (Å²) in [5.74, 6) is 0.647. The van der Waals surface area contributed by atoms with E-state index in [1.807, 2.05) is 29.2 Å². The van der Waals surface area contributed by atoms with Crippen LogP contribution in [-0.2, 0) is 42.5 Å². The first-order chi connectivity index (χ1) is 31.6. The second-order valence-electron chi connectivity index (χ2n) is 16.5. The van der Waals surface area contributed by atoms with Gasteiger partial charge in [0.15, 0.2) is 0 Å². The summed E-state index contributed by atoms with van der Waals surface area (Å²) in [5.41, 5.74) is 3.87. The van der Waals surface area contributed by atoms with Crippen LogP contribution in [0.1, 0.15) is 47.4 Å². The maximum atomic E-state index is 13.0. The van der Waals surface area contributed by atoms with E-state index in [1.165, 1.54) is 17.3 Å². The molecule has 350 valence electrons. The number of rotatable bonds is 25. The zero-order chi connectivity index (χ0) is 45.9. The lowest BCUT2D eigenvalue weighted by Gasteiger charge is -2.36. The fourth-order valence-corrected chi connectivity index (χ4v) is 7.42. The number of hydrogen-bond donors (Lipinski definition) is 4. The van der Waals surface area contributed by atoms with Crippen LogP contribution in [0.3, 0.4) is 0 Å². The molecular formula is C48H66N10O7. The molecule has 17 nitrogen and oxygen atoms in total. The Morgan fingerprint density at radius 1 is 0.785 bits per heavy atom. The van der Waals surface area contributed by atoms with Crippen molar-refractivity contribution >= 4 is 40.8 Å². The van der Waals surface area contributed by atoms with E-state index in [0.29, 0.717) is 90.4 Å². The Morgan fingerprint density at radius 3 is 2.12 bits per heavy atom. The Bertz CT molecular complexity index is 2090. The number of nitrogens with one attached hydrogen (secondary N) is 3. The van der Waals surface area contributed by atoms with Crippen molar-refractivity contribution in [3.8, 4) is 0 Å². The van der Waals surface area contributed by atoms with Gasteiger partial charge in [0.1, 0.15) is 22.8 Å². The van der Waals surface area contributed by atoms with E-state index >= 15 is 0 Å². The predicted octanol–water partition coefficient (Wildman–Crippen LogP) is 4.55. The maximum absolute atomic E-state index is 13.0. The lowest BCUT2D eigenvalue weighted by Crippen LogP contribution is -2.49. The summed E-state index contributed by atoms with van der Waals surface area (Å²) < 4.78 is 22.4. The van der Waals surface area contributed by atoms with E-state index in [1.54, 1.807) is 45.2 Å². The topological polar surface area (TPSA) is 179 Å². The number of pyridine rings is 1. The van der Waals surface area contributed by atoms with Gasteiger partial charge >= 0.3 is 0 Å². The number of anilines is 5. The summed E-state index contributed by atoms with van der Waals surface area (Å²) in [6, 6.07) is 21.8. The second kappa shape index (κ2) is 25.2. The number of methoxy groups -OCH3 is 1. The molecule has 0 aliphatic carbocycles. The van der Waals surface area contributed by atoms with Gasteiger partial charge in [-0.3, -0.25) is 19.4 Å². The van der Waals surface area contributed by atoms with Gasteiger partial charge in [0.25, 0.3) is 5.91 Å². The first kappa shape index (κ1) is 48.9. The van der Waals surface area contributed by atoms with Crippen molar-refractivity contribution in [3.05, 3.63) is 108 Å². The minimum Gasteiger partial charge on any atom is -0.384 e. The van der Waals surface area contributed by atoms with Crippen molar-refractivity contribution in [1.82, 2.24) is 35.0 Å². The van der Waals surface area contributed by atoms with E-state index in [2.05, 4.69) is 76.4 Å². The standard InChI is InChI=1S/C48H66N10O7/c1-5-18-49-46(60)41-34-50-47(54-45(41)53-43-8-6-7-42(52-43)48(2,3)61)51-39-13-15-40(16-14-39)57-23-25-58(26-24-57)44(59)17-28-63-30-32-65-33-31-64-29-27-55-19-21-56(22-20-55)35-37-9-11-38(12-10-37)36-62-4/h5-16,34,61H,1,17-33,35-36H2,2-4H3,(H,49,60)(H2,50,51,52,53,54). The van der Waals surface area contributed by atoms with Crippen molar-refractivity contribution < 1.29 is 33.6 Å². The van der Waals surface area contributed by atoms with Crippen LogP contribution < -0.4 is 20.9 Å². The van der Waals surface area contributed by atoms with E-state index in [-0.39, 0.29) is 35.7 Å². The Morgan fingerprint density at radius 2 is 1.45 bits per heavy atom. The van der Waals surface area contributed by atoms with E-state index in [0.717, 1.165) is 50.6 Å². The van der Waals surface area contributed by atoms with Gasteiger partial charge in [0.2, 0.25) is 11.9 Å². The van der Waals surface area contributed by atoms with E-state index < -0.39 is 5.60 Å². The summed E-state index contributed by atoms with van der Waals surface area (Å²) in [7, 11) is 1.72. The first-order valence-electron chi connectivity index (χ1n) is 22.5. The Labute approximate surface area is 383 Å². The molecule has 2 saturated heterocycles. The van der Waals surface area contributed by atoms with Crippen LogP contribution in [0.4, 0.5) is 29.0 Å². The largest absolute Gasteiger partial charge is 0.384 e. The molecule has 0 spiro atoms. The highest BCUT2D eigenvalue weighted by molar-refractivity contribution is 5.99. The van der Waals surface area contributed by atoms with Crippen molar-refractivity contribution in [1.29, 1.82) is 0 Å². The first-order valence-corrected chi connectivity index (χ1v) is 22.5. The third-order valence-corrected chi connectivity index (χ3v) is 11.1. The highest BCUT2D eigenvalue weighted by Crippen LogP contribution is 2.25. The molecule has 2 aromatic heterocycles. The summed E-state index contributed by atoms with van der Waals surface area (Å²) >= 11 is 0. The average Bonchev–Trinajstić information content (AvgIpc) is 3.31. The normalized spacial score (nSPS) is 14.9. The molecule has 0 bridgehead atoms. The Hall–Kier alpha value is -5.53. The number of aromatic nitrogens is 3. The molecule has 2 aliphatic heterocycles. The molecule has 17 heteroatoms. The number of ether oxygens (including phenoxy) is 4. The number of piperazine rings is 2. The average molecular weight is 895 g/mol. The number of aliphatic hydroxyl groups is 1. The van der Waals surface area contributed by atoms with E-state index in [4.69, 9.17) is 18.9 Å². The number of carbonyl (C=O) groups excluding carboxylic acids is 2. The van der Waals surface area contributed by atoms with Gasteiger partial charge in [-0.1, -0.05) is 36.4 Å². The number of carbonyl (C=O) groups is 2. The minimum atomic E-state index is -1.15. The molecule has 0 atom stereocenters. The maximum Gasteiger partial charge on any atom is 0.256 e. The number of benzene rings is 2. The second-order valence-corrected chi connectivity index (χ2v) is 16.5. The molecule has 4 N–H and O–H groups in total. The molecule has 0 saturated carbocycles.